The highest BCUT2D eigenvalue weighted by Crippen LogP contribution is 2.46. The predicted molar refractivity (Wildman–Crippen MR) is 266 cm³/mol. The topological polar surface area (TPSA) is 162 Å². The van der Waals surface area contributed by atoms with Gasteiger partial charge in [0.1, 0.15) is 11.6 Å². The maximum absolute atomic E-state index is 14.2. The lowest BCUT2D eigenvalue weighted by Gasteiger charge is -2.17. The normalized spacial score (nSPS) is 14.4. The van der Waals surface area contributed by atoms with Crippen molar-refractivity contribution in [1.82, 2.24) is 9.13 Å². The van der Waals surface area contributed by atoms with Gasteiger partial charge in [0.15, 0.2) is 0 Å². The third kappa shape index (κ3) is 13.8. The van der Waals surface area contributed by atoms with E-state index in [4.69, 9.17) is 5.11 Å². The van der Waals surface area contributed by atoms with E-state index in [-0.39, 0.29) is 43.1 Å². The van der Waals surface area contributed by atoms with Crippen molar-refractivity contribution in [2.45, 2.75) is 89.6 Å². The second kappa shape index (κ2) is 22.2. The van der Waals surface area contributed by atoms with Crippen LogP contribution < -0.4 is 0 Å². The molecule has 4 aromatic carbocycles. The van der Waals surface area contributed by atoms with Gasteiger partial charge in [0.05, 0.1) is 45.1 Å². The summed E-state index contributed by atoms with van der Waals surface area (Å²) in [6.45, 7) is 14.9. The van der Waals surface area contributed by atoms with Gasteiger partial charge in [0.25, 0.3) is 0 Å². The Bertz CT molecular complexity index is 2780. The monoisotopic (exact) mass is 944 g/mol. The minimum absolute atomic E-state index is 0.0513. The Kier molecular flexibility index (Phi) is 17.5. The molecule has 6 aromatic rings. The van der Waals surface area contributed by atoms with Crippen LogP contribution >= 0.6 is 14.3 Å². The van der Waals surface area contributed by atoms with Gasteiger partial charge in [-0.25, -0.2) is 8.78 Å². The summed E-state index contributed by atoms with van der Waals surface area (Å²) in [6, 6.07) is 27.1. The average molecular weight is 945 g/mol. The summed E-state index contributed by atoms with van der Waals surface area (Å²) in [4.78, 5) is 10.8. The number of nitrogens with zero attached hydrogens (tertiary/aromatic N) is 2. The molecule has 0 aliphatic carbocycles. The Morgan fingerprint density at radius 3 is 1.59 bits per heavy atom. The fourth-order valence-corrected chi connectivity index (χ4v) is 10.8. The molecule has 0 saturated heterocycles. The second-order valence-electron chi connectivity index (χ2n) is 18.5. The Balaban J connectivity index is 0.000000249. The van der Waals surface area contributed by atoms with Gasteiger partial charge in [-0.05, 0) is 120 Å². The maximum Gasteiger partial charge on any atom is 0.305 e. The molecule has 0 aliphatic rings. The number of aliphatic hydroxyl groups is 4. The molecule has 0 bridgehead atoms. The van der Waals surface area contributed by atoms with Gasteiger partial charge in [0, 0.05) is 81.6 Å². The Morgan fingerprint density at radius 2 is 1.11 bits per heavy atom. The molecule has 5 N–H and O–H groups in total. The molecule has 10 nitrogen and oxygen atoms in total. The summed E-state index contributed by atoms with van der Waals surface area (Å²) < 4.78 is 56.7. The van der Waals surface area contributed by atoms with E-state index in [0.717, 1.165) is 55.4 Å². The molecule has 0 fully saturated rings. The zero-order valence-corrected chi connectivity index (χ0v) is 40.8. The minimum Gasteiger partial charge on any atom is -0.481 e. The molecule has 66 heavy (non-hydrogen) atoms. The van der Waals surface area contributed by atoms with E-state index in [0.29, 0.717) is 5.56 Å². The third-order valence-electron chi connectivity index (χ3n) is 11.0. The van der Waals surface area contributed by atoms with Crippen LogP contribution in [0.25, 0.3) is 56.2 Å². The fourth-order valence-electron chi connectivity index (χ4n) is 8.54. The smallest absolute Gasteiger partial charge is 0.305 e. The van der Waals surface area contributed by atoms with Crippen molar-refractivity contribution in [3.8, 4) is 22.3 Å². The predicted octanol–water partition coefficient (Wildman–Crippen LogP) is 11.5. The highest BCUT2D eigenvalue weighted by Gasteiger charge is 2.24. The van der Waals surface area contributed by atoms with E-state index in [1.165, 1.54) is 30.3 Å². The molecule has 6 rings (SSSR count). The van der Waals surface area contributed by atoms with Crippen LogP contribution in [0.4, 0.5) is 8.78 Å². The first-order chi connectivity index (χ1) is 30.9. The lowest BCUT2D eigenvalue weighted by Crippen LogP contribution is -2.19. The standard InChI is InChI=1S/C27H33FNO5P.C25H31FNO3P/c1-17(2)29-24-8-6-5-7-23(24)27(22-11-9-19(28)13-18(22)16-35(3,4)34)25(29)12-10-20(30)14-21(31)15-26(32)33;1-17(2)27-23-8-6-5-7-22(23)25(18-9-11-19(26)12-10-18)24(27)14-13-20(28)15-21(29)16-31(3,4)30/h5-13,17,20-21,30-31H,14-16H2,1-4H3,(H,32,33);5-14,17,20-21,28-29H,15-16H2,1-4H3/b12-10+;14-13+/t2*20-,21-/m11/s1. The van der Waals surface area contributed by atoms with E-state index in [1.54, 1.807) is 57.0 Å². The molecular weight excluding hydrogens is 881 g/mol. The Hall–Kier alpha value is -4.93. The zero-order valence-electron chi connectivity index (χ0n) is 39.0. The van der Waals surface area contributed by atoms with Crippen LogP contribution in [0.1, 0.15) is 76.0 Å². The number of rotatable bonds is 18. The van der Waals surface area contributed by atoms with Crippen molar-refractivity contribution < 1.29 is 48.2 Å². The first-order valence-corrected chi connectivity index (χ1v) is 27.7. The number of aliphatic hydroxyl groups excluding tert-OH is 4. The number of halogens is 2. The average Bonchev–Trinajstić information content (AvgIpc) is 3.71. The number of aliphatic carboxylic acids is 1. The lowest BCUT2D eigenvalue weighted by molar-refractivity contribution is -0.139. The summed E-state index contributed by atoms with van der Waals surface area (Å²) in [5.74, 6) is -1.82. The van der Waals surface area contributed by atoms with Crippen molar-refractivity contribution in [3.05, 3.63) is 132 Å². The van der Waals surface area contributed by atoms with Crippen LogP contribution in [0.15, 0.2) is 103 Å². The number of carboxylic acid groups (broad SMARTS) is 1. The SMILES string of the molecule is CC(C)n1c(/C=C/[C@@H](O)C[C@@H](O)CC(=O)O)c(-c2ccc(F)cc2CP(C)(C)=O)c2ccccc21.CC(C)n1c(/C=C/[C@@H](O)C[C@@H](O)CP(C)(C)=O)c(-c2ccc(F)cc2)c2ccccc21. The first-order valence-electron chi connectivity index (χ1n) is 22.1. The van der Waals surface area contributed by atoms with Crippen LogP contribution in [0, 0.1) is 11.6 Å². The minimum atomic E-state index is -2.51. The first kappa shape index (κ1) is 52.0. The van der Waals surface area contributed by atoms with Crippen LogP contribution in [0.3, 0.4) is 0 Å². The van der Waals surface area contributed by atoms with Crippen molar-refractivity contribution in [2.75, 3.05) is 32.8 Å². The quantitative estimate of drug-likeness (QED) is 0.0532. The van der Waals surface area contributed by atoms with Crippen LogP contribution in [-0.4, -0.2) is 97.9 Å². The van der Waals surface area contributed by atoms with E-state index in [1.807, 2.05) is 62.4 Å². The molecule has 4 atom stereocenters. The molecule has 354 valence electrons. The maximum atomic E-state index is 14.2. The highest BCUT2D eigenvalue weighted by molar-refractivity contribution is 7.62. The van der Waals surface area contributed by atoms with Crippen LogP contribution in [0.5, 0.6) is 0 Å². The molecule has 2 heterocycles. The fraction of sp³-hybridized carbons (Fsp3) is 0.365. The number of fused-ring (bicyclic) bond motifs is 2. The number of carboxylic acids is 1. The van der Waals surface area contributed by atoms with E-state index >= 15 is 0 Å². The number of hydrogen-bond donors (Lipinski definition) is 5. The van der Waals surface area contributed by atoms with Gasteiger partial charge in [-0.3, -0.25) is 4.79 Å². The summed E-state index contributed by atoms with van der Waals surface area (Å²) >= 11 is 0. The van der Waals surface area contributed by atoms with Gasteiger partial charge in [-0.1, -0.05) is 66.7 Å². The van der Waals surface area contributed by atoms with Crippen molar-refractivity contribution in [1.29, 1.82) is 0 Å². The van der Waals surface area contributed by atoms with E-state index in [2.05, 4.69) is 29.0 Å². The summed E-state index contributed by atoms with van der Waals surface area (Å²) in [5, 5.41) is 51.9. The number of carbonyl (C=O) groups is 1. The van der Waals surface area contributed by atoms with Crippen molar-refractivity contribution in [3.63, 3.8) is 0 Å². The molecule has 14 heteroatoms. The van der Waals surface area contributed by atoms with Gasteiger partial charge in [-0.15, -0.1) is 0 Å². The number of aromatic nitrogens is 2. The number of hydrogen-bond acceptors (Lipinski definition) is 7. The van der Waals surface area contributed by atoms with Gasteiger partial charge < -0.3 is 43.8 Å². The Labute approximate surface area is 386 Å². The van der Waals surface area contributed by atoms with Crippen molar-refractivity contribution in [2.24, 2.45) is 0 Å². The summed E-state index contributed by atoms with van der Waals surface area (Å²) in [7, 11) is -4.88. The van der Waals surface area contributed by atoms with Gasteiger partial charge in [-0.2, -0.15) is 0 Å². The lowest BCUT2D eigenvalue weighted by atomic mass is 9.96. The molecule has 0 amide bonds. The second-order valence-corrected chi connectivity index (χ2v) is 25.5. The largest absolute Gasteiger partial charge is 0.481 e. The zero-order chi connectivity index (χ0) is 48.7. The summed E-state index contributed by atoms with van der Waals surface area (Å²) in [6.07, 6.45) is 2.89. The van der Waals surface area contributed by atoms with Crippen LogP contribution in [-0.2, 0) is 20.1 Å². The Morgan fingerprint density at radius 1 is 0.636 bits per heavy atom. The van der Waals surface area contributed by atoms with E-state index < -0.39 is 56.9 Å². The highest BCUT2D eigenvalue weighted by atomic mass is 31.2. The molecular formula is C52H64F2N2O8P2. The third-order valence-corrected chi connectivity index (χ3v) is 13.4. The molecule has 0 aliphatic heterocycles. The van der Waals surface area contributed by atoms with Crippen molar-refractivity contribution >= 4 is 54.2 Å². The van der Waals surface area contributed by atoms with Gasteiger partial charge in [0.2, 0.25) is 0 Å². The summed E-state index contributed by atoms with van der Waals surface area (Å²) in [5.41, 5.74) is 7.84. The van der Waals surface area contributed by atoms with Gasteiger partial charge >= 0.3 is 5.97 Å². The van der Waals surface area contributed by atoms with E-state index in [9.17, 15) is 43.1 Å². The molecule has 2 aromatic heterocycles. The molecule has 0 unspecified atom stereocenters. The molecule has 0 spiro atoms. The molecule has 0 radical (unpaired) electrons. The number of benzene rings is 4. The molecule has 0 saturated carbocycles. The van der Waals surface area contributed by atoms with Crippen LogP contribution in [0.2, 0.25) is 0 Å². The number of para-hydroxylation sites is 2.